The minimum absolute atomic E-state index is 0. The van der Waals surface area contributed by atoms with E-state index in [1.807, 2.05) is 11.9 Å². The Hall–Kier alpha value is -1.00. The topological polar surface area (TPSA) is 59.5 Å². The number of rotatable bonds is 3. The van der Waals surface area contributed by atoms with Gasteiger partial charge in [0.25, 0.3) is 5.91 Å². The van der Waals surface area contributed by atoms with Crippen LogP contribution in [0, 0.1) is 0 Å². The molecule has 1 amide bonds. The summed E-state index contributed by atoms with van der Waals surface area (Å²) in [6, 6.07) is 2.12. The first-order valence-electron chi connectivity index (χ1n) is 6.77. The fourth-order valence-electron chi connectivity index (χ4n) is 2.61. The molecule has 2 N–H and O–H groups in total. The highest BCUT2D eigenvalue weighted by Gasteiger charge is 2.23. The molecule has 4 nitrogen and oxygen atoms in total. The molecule has 0 radical (unpaired) electrons. The smallest absolute Gasteiger partial charge is 0.257 e. The summed E-state index contributed by atoms with van der Waals surface area (Å²) >= 11 is 0. The summed E-state index contributed by atoms with van der Waals surface area (Å²) in [5.74, 6) is 0.706. The lowest BCUT2D eigenvalue weighted by Gasteiger charge is -2.26. The van der Waals surface area contributed by atoms with Gasteiger partial charge in [-0.25, -0.2) is 0 Å². The second kappa shape index (κ2) is 7.56. The van der Waals surface area contributed by atoms with Crippen molar-refractivity contribution in [2.45, 2.75) is 51.1 Å². The van der Waals surface area contributed by atoms with Crippen LogP contribution in [0.2, 0.25) is 0 Å². The Morgan fingerprint density at radius 2 is 2.00 bits per heavy atom. The molecule has 1 aliphatic carbocycles. The highest BCUT2D eigenvalue weighted by molar-refractivity contribution is 5.94. The average molecular weight is 287 g/mol. The molecule has 0 atom stereocenters. The van der Waals surface area contributed by atoms with E-state index in [2.05, 4.69) is 0 Å². The van der Waals surface area contributed by atoms with Crippen molar-refractivity contribution in [1.29, 1.82) is 0 Å². The summed E-state index contributed by atoms with van der Waals surface area (Å²) in [5, 5.41) is 0. The van der Waals surface area contributed by atoms with Crippen LogP contribution in [-0.4, -0.2) is 23.9 Å². The third-order valence-corrected chi connectivity index (χ3v) is 3.79. The lowest BCUT2D eigenvalue weighted by molar-refractivity contribution is 0.0717. The molecule has 1 aliphatic rings. The van der Waals surface area contributed by atoms with E-state index in [1.165, 1.54) is 31.9 Å². The summed E-state index contributed by atoms with van der Waals surface area (Å²) in [5.41, 5.74) is 6.10. The molecule has 0 bridgehead atoms. The predicted molar refractivity (Wildman–Crippen MR) is 77.4 cm³/mol. The van der Waals surface area contributed by atoms with E-state index >= 15 is 0 Å². The Labute approximate surface area is 120 Å². The lowest BCUT2D eigenvalue weighted by Crippen LogP contribution is -2.36. The Bertz CT molecular complexity index is 398. The average Bonchev–Trinajstić information content (AvgIpc) is 2.71. The van der Waals surface area contributed by atoms with Crippen molar-refractivity contribution in [2.75, 3.05) is 7.05 Å². The number of halogens is 1. The number of carbonyl (C=O) groups is 1. The zero-order chi connectivity index (χ0) is 13.0. The van der Waals surface area contributed by atoms with Gasteiger partial charge in [-0.15, -0.1) is 12.4 Å². The van der Waals surface area contributed by atoms with Crippen LogP contribution < -0.4 is 5.73 Å². The maximum absolute atomic E-state index is 12.3. The molecule has 5 heteroatoms. The summed E-state index contributed by atoms with van der Waals surface area (Å²) in [6.45, 7) is 0.334. The van der Waals surface area contributed by atoms with Gasteiger partial charge < -0.3 is 15.1 Å². The molecular formula is C14H23ClN2O2. The Kier molecular flexibility index (Phi) is 6.38. The zero-order valence-electron chi connectivity index (χ0n) is 11.4. The summed E-state index contributed by atoms with van der Waals surface area (Å²) in [6.07, 6.45) is 8.78. The highest BCUT2D eigenvalue weighted by Crippen LogP contribution is 2.22. The molecule has 1 fully saturated rings. The van der Waals surface area contributed by atoms with E-state index in [9.17, 15) is 4.79 Å². The minimum Gasteiger partial charge on any atom is -0.467 e. The summed E-state index contributed by atoms with van der Waals surface area (Å²) < 4.78 is 5.22. The number of hydrogen-bond donors (Lipinski definition) is 1. The monoisotopic (exact) mass is 286 g/mol. The number of nitrogens with two attached hydrogens (primary N) is 1. The molecule has 2 rings (SSSR count). The lowest BCUT2D eigenvalue weighted by atomic mass is 10.1. The standard InChI is InChI=1S/C14H22N2O2.ClH/c1-16(12-6-4-2-3-5-7-12)14(17)11-8-13(9-15)18-10-11;/h8,10,12H,2-7,9,15H2,1H3;1H. The van der Waals surface area contributed by atoms with Gasteiger partial charge in [-0.05, 0) is 18.9 Å². The fraction of sp³-hybridized carbons (Fsp3) is 0.643. The van der Waals surface area contributed by atoms with Gasteiger partial charge >= 0.3 is 0 Å². The van der Waals surface area contributed by atoms with Gasteiger partial charge in [-0.2, -0.15) is 0 Å². The van der Waals surface area contributed by atoms with Crippen LogP contribution in [0.25, 0.3) is 0 Å². The van der Waals surface area contributed by atoms with Crippen LogP contribution in [0.3, 0.4) is 0 Å². The van der Waals surface area contributed by atoms with E-state index in [4.69, 9.17) is 10.2 Å². The molecule has 1 aromatic heterocycles. The molecular weight excluding hydrogens is 264 g/mol. The summed E-state index contributed by atoms with van der Waals surface area (Å²) in [4.78, 5) is 14.2. The van der Waals surface area contributed by atoms with Gasteiger partial charge in [0, 0.05) is 13.1 Å². The van der Waals surface area contributed by atoms with Crippen molar-refractivity contribution in [3.05, 3.63) is 23.7 Å². The van der Waals surface area contributed by atoms with E-state index < -0.39 is 0 Å². The van der Waals surface area contributed by atoms with Crippen molar-refractivity contribution in [3.8, 4) is 0 Å². The molecule has 1 saturated carbocycles. The number of hydrogen-bond acceptors (Lipinski definition) is 3. The van der Waals surface area contributed by atoms with Crippen molar-refractivity contribution in [1.82, 2.24) is 4.90 Å². The van der Waals surface area contributed by atoms with E-state index in [0.717, 1.165) is 12.8 Å². The quantitative estimate of drug-likeness (QED) is 0.869. The van der Waals surface area contributed by atoms with Crippen molar-refractivity contribution in [3.63, 3.8) is 0 Å². The molecule has 0 spiro atoms. The summed E-state index contributed by atoms with van der Waals surface area (Å²) in [7, 11) is 1.90. The zero-order valence-corrected chi connectivity index (χ0v) is 12.2. The number of amides is 1. The Morgan fingerprint density at radius 3 is 2.53 bits per heavy atom. The van der Waals surface area contributed by atoms with E-state index in [-0.39, 0.29) is 18.3 Å². The predicted octanol–water partition coefficient (Wildman–Crippen LogP) is 2.95. The number of furan rings is 1. The molecule has 0 aromatic carbocycles. The first-order chi connectivity index (χ1) is 8.72. The van der Waals surface area contributed by atoms with Gasteiger partial charge in [0.1, 0.15) is 12.0 Å². The van der Waals surface area contributed by atoms with Crippen LogP contribution in [-0.2, 0) is 6.54 Å². The molecule has 0 aliphatic heterocycles. The Morgan fingerprint density at radius 1 is 1.37 bits per heavy atom. The molecule has 0 unspecified atom stereocenters. The van der Waals surface area contributed by atoms with Gasteiger partial charge in [0.05, 0.1) is 12.1 Å². The fourth-order valence-corrected chi connectivity index (χ4v) is 2.61. The third kappa shape index (κ3) is 3.98. The van der Waals surface area contributed by atoms with Crippen LogP contribution >= 0.6 is 12.4 Å². The van der Waals surface area contributed by atoms with Crippen LogP contribution in [0.4, 0.5) is 0 Å². The van der Waals surface area contributed by atoms with Crippen LogP contribution in [0.5, 0.6) is 0 Å². The maximum atomic E-state index is 12.3. The highest BCUT2D eigenvalue weighted by atomic mass is 35.5. The molecule has 1 aromatic rings. The maximum Gasteiger partial charge on any atom is 0.257 e. The van der Waals surface area contributed by atoms with Crippen molar-refractivity contribution < 1.29 is 9.21 Å². The number of nitrogens with zero attached hydrogens (tertiary/aromatic N) is 1. The van der Waals surface area contributed by atoms with Gasteiger partial charge in [-0.1, -0.05) is 25.7 Å². The van der Waals surface area contributed by atoms with Crippen LogP contribution in [0.1, 0.15) is 54.6 Å². The normalized spacial score (nSPS) is 16.5. The minimum atomic E-state index is 0. The Balaban J connectivity index is 0.00000180. The molecule has 1 heterocycles. The van der Waals surface area contributed by atoms with Gasteiger partial charge in [0.2, 0.25) is 0 Å². The molecule has 0 saturated heterocycles. The second-order valence-electron chi connectivity index (χ2n) is 5.07. The van der Waals surface area contributed by atoms with Crippen LogP contribution in [0.15, 0.2) is 16.7 Å². The number of carbonyl (C=O) groups excluding carboxylic acids is 1. The van der Waals surface area contributed by atoms with E-state index in [1.54, 1.807) is 6.07 Å². The van der Waals surface area contributed by atoms with E-state index in [0.29, 0.717) is 23.9 Å². The van der Waals surface area contributed by atoms with Crippen molar-refractivity contribution >= 4 is 18.3 Å². The molecule has 108 valence electrons. The second-order valence-corrected chi connectivity index (χ2v) is 5.07. The first kappa shape index (κ1) is 16.1. The SMILES string of the molecule is CN(C(=O)c1coc(CN)c1)C1CCCCCC1.Cl. The largest absolute Gasteiger partial charge is 0.467 e. The van der Waals surface area contributed by atoms with Gasteiger partial charge in [-0.3, -0.25) is 4.79 Å². The van der Waals surface area contributed by atoms with Gasteiger partial charge in [0.15, 0.2) is 0 Å². The third-order valence-electron chi connectivity index (χ3n) is 3.79. The van der Waals surface area contributed by atoms with Crippen molar-refractivity contribution in [2.24, 2.45) is 5.73 Å². The first-order valence-corrected chi connectivity index (χ1v) is 6.77. The molecule has 19 heavy (non-hydrogen) atoms.